The van der Waals surface area contributed by atoms with Crippen LogP contribution in [-0.4, -0.2) is 17.4 Å². The number of hydrogen-bond donors (Lipinski definition) is 1. The maximum atomic E-state index is 11.9. The highest BCUT2D eigenvalue weighted by Crippen LogP contribution is 2.07. The second-order valence-electron chi connectivity index (χ2n) is 5.81. The van der Waals surface area contributed by atoms with Gasteiger partial charge in [0.25, 0.3) is 0 Å². The van der Waals surface area contributed by atoms with Crippen LogP contribution < -0.4 is 5.32 Å². The van der Waals surface area contributed by atoms with Gasteiger partial charge in [-0.05, 0) is 42.4 Å². The number of hydrogen-bond acceptors (Lipinski definition) is 2. The molecule has 0 aliphatic rings. The van der Waals surface area contributed by atoms with Crippen LogP contribution in [-0.2, 0) is 17.6 Å². The molecule has 0 saturated carbocycles. The molecule has 0 radical (unpaired) electrons. The van der Waals surface area contributed by atoms with E-state index < -0.39 is 0 Å². The molecule has 1 amide bonds. The van der Waals surface area contributed by atoms with Gasteiger partial charge < -0.3 is 5.32 Å². The Bertz CT molecular complexity index is 554. The summed E-state index contributed by atoms with van der Waals surface area (Å²) in [5, 5.41) is 3.03. The molecule has 0 aliphatic heterocycles. The largest absolute Gasteiger partial charge is 0.356 e. The van der Waals surface area contributed by atoms with Gasteiger partial charge in [0.15, 0.2) is 0 Å². The number of nitrogens with one attached hydrogen (secondary N) is 1. The lowest BCUT2D eigenvalue weighted by atomic mass is 10.0. The van der Waals surface area contributed by atoms with Crippen LogP contribution >= 0.6 is 0 Å². The Morgan fingerprint density at radius 2 is 1.91 bits per heavy atom. The van der Waals surface area contributed by atoms with Crippen LogP contribution in [0.1, 0.15) is 30.9 Å². The first kappa shape index (κ1) is 16.2. The number of nitrogens with zero attached hydrogens (tertiary/aromatic N) is 1. The first-order valence-corrected chi connectivity index (χ1v) is 7.93. The normalized spacial score (nSPS) is 11.9. The van der Waals surface area contributed by atoms with E-state index in [4.69, 9.17) is 0 Å². The molecule has 3 heteroatoms. The van der Waals surface area contributed by atoms with Crippen LogP contribution in [0, 0.1) is 5.92 Å². The average molecular weight is 296 g/mol. The SMILES string of the molecule is CC(CNC(=O)CCCc1cccnc1)Cc1ccccc1. The van der Waals surface area contributed by atoms with Crippen LogP contribution in [0.15, 0.2) is 54.9 Å². The first-order chi connectivity index (χ1) is 10.7. The van der Waals surface area contributed by atoms with Crippen molar-refractivity contribution in [3.63, 3.8) is 0 Å². The van der Waals surface area contributed by atoms with Crippen LogP contribution in [0.2, 0.25) is 0 Å². The molecule has 116 valence electrons. The van der Waals surface area contributed by atoms with Crippen LogP contribution in [0.4, 0.5) is 0 Å². The lowest BCUT2D eigenvalue weighted by Gasteiger charge is -2.12. The highest BCUT2D eigenvalue weighted by molar-refractivity contribution is 5.75. The van der Waals surface area contributed by atoms with Gasteiger partial charge in [0.2, 0.25) is 5.91 Å². The van der Waals surface area contributed by atoms with Gasteiger partial charge in [0.05, 0.1) is 0 Å². The summed E-state index contributed by atoms with van der Waals surface area (Å²) in [5.41, 5.74) is 2.51. The zero-order valence-electron chi connectivity index (χ0n) is 13.2. The molecule has 3 nitrogen and oxygen atoms in total. The van der Waals surface area contributed by atoms with Crippen LogP contribution in [0.25, 0.3) is 0 Å². The molecule has 1 heterocycles. The van der Waals surface area contributed by atoms with Gasteiger partial charge in [-0.3, -0.25) is 9.78 Å². The molecule has 1 atom stereocenters. The monoisotopic (exact) mass is 296 g/mol. The summed E-state index contributed by atoms with van der Waals surface area (Å²) in [6, 6.07) is 14.4. The van der Waals surface area contributed by atoms with E-state index in [-0.39, 0.29) is 5.91 Å². The molecular formula is C19H24N2O. The first-order valence-electron chi connectivity index (χ1n) is 7.93. The topological polar surface area (TPSA) is 42.0 Å². The highest BCUT2D eigenvalue weighted by atomic mass is 16.1. The predicted molar refractivity (Wildman–Crippen MR) is 89.5 cm³/mol. The standard InChI is InChI=1S/C19H24N2O/c1-16(13-17-7-3-2-4-8-17)14-21-19(22)11-5-9-18-10-6-12-20-15-18/h2-4,6-8,10,12,15-16H,5,9,11,13-14H2,1H3,(H,21,22). The predicted octanol–water partition coefficient (Wildman–Crippen LogP) is 3.40. The van der Waals surface area contributed by atoms with Crippen molar-refractivity contribution in [3.05, 3.63) is 66.0 Å². The molecule has 1 aromatic heterocycles. The molecule has 0 saturated heterocycles. The molecule has 2 aromatic rings. The minimum absolute atomic E-state index is 0.142. The smallest absolute Gasteiger partial charge is 0.220 e. The van der Waals surface area contributed by atoms with Gasteiger partial charge >= 0.3 is 0 Å². The third-order valence-electron chi connectivity index (χ3n) is 3.67. The zero-order valence-corrected chi connectivity index (χ0v) is 13.2. The van der Waals surface area contributed by atoms with Crippen molar-refractivity contribution in [1.29, 1.82) is 0 Å². The second-order valence-corrected chi connectivity index (χ2v) is 5.81. The molecule has 22 heavy (non-hydrogen) atoms. The number of benzene rings is 1. The molecule has 0 spiro atoms. The summed E-state index contributed by atoms with van der Waals surface area (Å²) in [6.07, 6.45) is 6.97. The maximum Gasteiger partial charge on any atom is 0.220 e. The van der Waals surface area contributed by atoms with Crippen LogP contribution in [0.5, 0.6) is 0 Å². The molecule has 1 N–H and O–H groups in total. The van der Waals surface area contributed by atoms with E-state index >= 15 is 0 Å². The summed E-state index contributed by atoms with van der Waals surface area (Å²) >= 11 is 0. The van der Waals surface area contributed by atoms with Crippen molar-refractivity contribution in [2.24, 2.45) is 5.92 Å². The lowest BCUT2D eigenvalue weighted by molar-refractivity contribution is -0.121. The maximum absolute atomic E-state index is 11.9. The molecule has 0 aliphatic carbocycles. The summed E-state index contributed by atoms with van der Waals surface area (Å²) in [7, 11) is 0. The number of carbonyl (C=O) groups excluding carboxylic acids is 1. The Balaban J connectivity index is 1.61. The zero-order chi connectivity index (χ0) is 15.6. The van der Waals surface area contributed by atoms with E-state index in [9.17, 15) is 4.79 Å². The fourth-order valence-corrected chi connectivity index (χ4v) is 2.46. The fraction of sp³-hybridized carbons (Fsp3) is 0.368. The molecule has 2 rings (SSSR count). The van der Waals surface area contributed by atoms with E-state index in [1.807, 2.05) is 24.4 Å². The number of carbonyl (C=O) groups is 1. The number of aryl methyl sites for hydroxylation is 1. The second kappa shape index (κ2) is 8.98. The molecule has 1 unspecified atom stereocenters. The van der Waals surface area contributed by atoms with E-state index in [0.29, 0.717) is 12.3 Å². The molecular weight excluding hydrogens is 272 g/mol. The van der Waals surface area contributed by atoms with Crippen molar-refractivity contribution in [3.8, 4) is 0 Å². The number of amides is 1. The lowest BCUT2D eigenvalue weighted by Crippen LogP contribution is -2.28. The summed E-state index contributed by atoms with van der Waals surface area (Å²) < 4.78 is 0. The van der Waals surface area contributed by atoms with Gasteiger partial charge in [-0.15, -0.1) is 0 Å². The van der Waals surface area contributed by atoms with Gasteiger partial charge in [0.1, 0.15) is 0 Å². The summed E-state index contributed by atoms with van der Waals surface area (Å²) in [6.45, 7) is 2.91. The number of rotatable bonds is 8. The van der Waals surface area contributed by atoms with E-state index in [2.05, 4.69) is 41.5 Å². The minimum atomic E-state index is 0.142. The van der Waals surface area contributed by atoms with Crippen molar-refractivity contribution >= 4 is 5.91 Å². The van der Waals surface area contributed by atoms with Crippen LogP contribution in [0.3, 0.4) is 0 Å². The van der Waals surface area contributed by atoms with Crippen molar-refractivity contribution < 1.29 is 4.79 Å². The summed E-state index contributed by atoms with van der Waals surface area (Å²) in [5.74, 6) is 0.591. The molecule has 1 aromatic carbocycles. The van der Waals surface area contributed by atoms with Crippen molar-refractivity contribution in [2.45, 2.75) is 32.6 Å². The van der Waals surface area contributed by atoms with Gasteiger partial charge in [0, 0.05) is 25.4 Å². The molecule has 0 fully saturated rings. The Morgan fingerprint density at radius 3 is 2.64 bits per heavy atom. The fourth-order valence-electron chi connectivity index (χ4n) is 2.46. The summed E-state index contributed by atoms with van der Waals surface area (Å²) in [4.78, 5) is 15.9. The molecule has 0 bridgehead atoms. The Hall–Kier alpha value is -2.16. The average Bonchev–Trinajstić information content (AvgIpc) is 2.55. The third kappa shape index (κ3) is 6.08. The number of pyridine rings is 1. The van der Waals surface area contributed by atoms with Gasteiger partial charge in [-0.2, -0.15) is 0 Å². The van der Waals surface area contributed by atoms with Crippen molar-refractivity contribution in [1.82, 2.24) is 10.3 Å². The van der Waals surface area contributed by atoms with Crippen molar-refractivity contribution in [2.75, 3.05) is 6.54 Å². The Labute approximate surface area is 132 Å². The van der Waals surface area contributed by atoms with E-state index in [1.165, 1.54) is 11.1 Å². The minimum Gasteiger partial charge on any atom is -0.356 e. The van der Waals surface area contributed by atoms with Gasteiger partial charge in [-0.1, -0.05) is 43.3 Å². The highest BCUT2D eigenvalue weighted by Gasteiger charge is 2.06. The quantitative estimate of drug-likeness (QED) is 0.811. The number of aromatic nitrogens is 1. The van der Waals surface area contributed by atoms with Gasteiger partial charge in [-0.25, -0.2) is 0 Å². The Kier molecular flexibility index (Phi) is 6.62. The van der Waals surface area contributed by atoms with E-state index in [0.717, 1.165) is 25.8 Å². The van der Waals surface area contributed by atoms with E-state index in [1.54, 1.807) is 6.20 Å². The Morgan fingerprint density at radius 1 is 1.14 bits per heavy atom. The third-order valence-corrected chi connectivity index (χ3v) is 3.67.